The average molecular weight is 507 g/mol. The van der Waals surface area contributed by atoms with Gasteiger partial charge in [0.1, 0.15) is 23.4 Å². The molecule has 1 fully saturated rings. The number of carbonyl (C=O) groups excluding carboxylic acids is 3. The minimum atomic E-state index is -0.636. The molecule has 6 N–H and O–H groups in total. The molecule has 0 spiro atoms. The van der Waals surface area contributed by atoms with Crippen molar-refractivity contribution < 1.29 is 19.1 Å². The van der Waals surface area contributed by atoms with Gasteiger partial charge in [-0.1, -0.05) is 18.2 Å². The van der Waals surface area contributed by atoms with Crippen molar-refractivity contribution in [2.45, 2.75) is 25.4 Å². The van der Waals surface area contributed by atoms with E-state index in [1.807, 2.05) is 30.3 Å². The standard InChI is InChI=1S/C25H26N6O4S/c26-22(27)17-13-20(36-15-17)14-28-24(33)21-7-4-12-31(21)25(34)30-29-23(32)16-8-10-19(11-9-16)35-18-5-2-1-3-6-18/h1-3,5-6,8-11,13,15,21H,4,7,12,14H2,(H3,26,27)(H,28,33)(H,29,32)(H,30,34)/t21-/m0/s1. The van der Waals surface area contributed by atoms with Gasteiger partial charge in [-0.15, -0.1) is 11.3 Å². The maximum Gasteiger partial charge on any atom is 0.336 e. The van der Waals surface area contributed by atoms with E-state index in [4.69, 9.17) is 15.9 Å². The van der Waals surface area contributed by atoms with E-state index in [-0.39, 0.29) is 18.3 Å². The van der Waals surface area contributed by atoms with Crippen LogP contribution < -0.4 is 26.6 Å². The number of ether oxygens (including phenoxy) is 1. The summed E-state index contributed by atoms with van der Waals surface area (Å²) in [7, 11) is 0. The fourth-order valence-electron chi connectivity index (χ4n) is 3.74. The maximum atomic E-state index is 12.7. The highest BCUT2D eigenvalue weighted by Crippen LogP contribution is 2.21. The molecular weight excluding hydrogens is 480 g/mol. The van der Waals surface area contributed by atoms with Crippen LogP contribution in [-0.2, 0) is 11.3 Å². The second-order valence-corrected chi connectivity index (χ2v) is 9.10. The van der Waals surface area contributed by atoms with Gasteiger partial charge in [0.15, 0.2) is 0 Å². The first kappa shape index (κ1) is 24.7. The molecule has 2 heterocycles. The number of nitrogens with one attached hydrogen (secondary N) is 4. The Labute approximate surface area is 211 Å². The number of nitrogens with zero attached hydrogens (tertiary/aromatic N) is 1. The summed E-state index contributed by atoms with van der Waals surface area (Å²) in [4.78, 5) is 40.1. The third-order valence-electron chi connectivity index (χ3n) is 5.60. The lowest BCUT2D eigenvalue weighted by Gasteiger charge is -2.24. The van der Waals surface area contributed by atoms with Gasteiger partial charge in [0.25, 0.3) is 5.91 Å². The van der Waals surface area contributed by atoms with Crippen LogP contribution in [0.3, 0.4) is 0 Å². The molecule has 1 atom stereocenters. The van der Waals surface area contributed by atoms with E-state index in [0.29, 0.717) is 42.0 Å². The highest BCUT2D eigenvalue weighted by Gasteiger charge is 2.34. The van der Waals surface area contributed by atoms with Gasteiger partial charge in [0.2, 0.25) is 5.91 Å². The molecule has 11 heteroatoms. The van der Waals surface area contributed by atoms with Crippen molar-refractivity contribution in [1.82, 2.24) is 21.1 Å². The summed E-state index contributed by atoms with van der Waals surface area (Å²) in [5, 5.41) is 12.0. The van der Waals surface area contributed by atoms with Crippen molar-refractivity contribution in [2.24, 2.45) is 5.73 Å². The topological polar surface area (TPSA) is 150 Å². The third kappa shape index (κ3) is 6.19. The highest BCUT2D eigenvalue weighted by atomic mass is 32.1. The number of hydrogen-bond donors (Lipinski definition) is 5. The lowest BCUT2D eigenvalue weighted by atomic mass is 10.2. The second-order valence-electron chi connectivity index (χ2n) is 8.11. The number of rotatable bonds is 7. The van der Waals surface area contributed by atoms with Crippen molar-refractivity contribution in [3.05, 3.63) is 82.0 Å². The monoisotopic (exact) mass is 506 g/mol. The molecule has 4 amide bonds. The van der Waals surface area contributed by atoms with Gasteiger partial charge in [-0.2, -0.15) is 0 Å². The molecule has 3 aromatic rings. The van der Waals surface area contributed by atoms with Gasteiger partial charge in [-0.25, -0.2) is 10.2 Å². The smallest absolute Gasteiger partial charge is 0.336 e. The fraction of sp³-hybridized carbons (Fsp3) is 0.200. The molecule has 186 valence electrons. The molecule has 10 nitrogen and oxygen atoms in total. The zero-order valence-corrected chi connectivity index (χ0v) is 20.1. The number of likely N-dealkylation sites (tertiary alicyclic amines) is 1. The van der Waals surface area contributed by atoms with Gasteiger partial charge in [-0.05, 0) is 55.3 Å². The molecule has 0 radical (unpaired) electrons. The summed E-state index contributed by atoms with van der Waals surface area (Å²) in [5.74, 6) is 0.464. The van der Waals surface area contributed by atoms with Crippen LogP contribution in [0.25, 0.3) is 0 Å². The first-order valence-electron chi connectivity index (χ1n) is 11.3. The van der Waals surface area contributed by atoms with Crippen LogP contribution in [0, 0.1) is 5.41 Å². The highest BCUT2D eigenvalue weighted by molar-refractivity contribution is 7.10. The largest absolute Gasteiger partial charge is 0.457 e. The van der Waals surface area contributed by atoms with E-state index in [9.17, 15) is 14.4 Å². The first-order chi connectivity index (χ1) is 17.4. The number of amidine groups is 1. The molecule has 36 heavy (non-hydrogen) atoms. The lowest BCUT2D eigenvalue weighted by Crippen LogP contribution is -2.53. The molecule has 0 bridgehead atoms. The van der Waals surface area contributed by atoms with Crippen LogP contribution in [0.1, 0.15) is 33.6 Å². The van der Waals surface area contributed by atoms with Crippen LogP contribution in [0.2, 0.25) is 0 Å². The molecule has 4 rings (SSSR count). The minimum absolute atomic E-state index is 0.0269. The summed E-state index contributed by atoms with van der Waals surface area (Å²) in [6.45, 7) is 0.683. The molecule has 1 aliphatic rings. The van der Waals surface area contributed by atoms with Gasteiger partial charge in [-0.3, -0.25) is 20.4 Å². The third-order valence-corrected chi connectivity index (χ3v) is 6.53. The number of nitrogens with two attached hydrogens (primary N) is 1. The molecule has 1 aliphatic heterocycles. The number of hydrazine groups is 1. The molecular formula is C25H26N6O4S. The summed E-state index contributed by atoms with van der Waals surface area (Å²) >= 11 is 1.40. The van der Waals surface area contributed by atoms with Crippen LogP contribution in [0.5, 0.6) is 11.5 Å². The average Bonchev–Trinajstić information content (AvgIpc) is 3.57. The van der Waals surface area contributed by atoms with Gasteiger partial charge in [0.05, 0.1) is 6.54 Å². The number of para-hydroxylation sites is 1. The first-order valence-corrected chi connectivity index (χ1v) is 12.2. The van der Waals surface area contributed by atoms with Gasteiger partial charge < -0.3 is 20.7 Å². The Morgan fingerprint density at radius 2 is 1.75 bits per heavy atom. The molecule has 0 aliphatic carbocycles. The number of benzene rings is 2. The number of amides is 4. The SMILES string of the molecule is N=C(N)c1csc(CNC(=O)[C@@H]2CCCN2C(=O)NNC(=O)c2ccc(Oc3ccccc3)cc2)c1. The zero-order valence-electron chi connectivity index (χ0n) is 19.3. The van der Waals surface area contributed by atoms with Crippen LogP contribution >= 0.6 is 11.3 Å². The van der Waals surface area contributed by atoms with Crippen LogP contribution in [0.4, 0.5) is 4.79 Å². The van der Waals surface area contributed by atoms with E-state index in [1.165, 1.54) is 16.2 Å². The number of carbonyl (C=O) groups is 3. The second kappa shape index (κ2) is 11.4. The van der Waals surface area contributed by atoms with E-state index in [1.54, 1.807) is 35.7 Å². The normalized spacial score (nSPS) is 14.7. The van der Waals surface area contributed by atoms with Crippen LogP contribution in [0.15, 0.2) is 66.0 Å². The van der Waals surface area contributed by atoms with Gasteiger partial charge in [0, 0.05) is 27.9 Å². The van der Waals surface area contributed by atoms with E-state index < -0.39 is 18.0 Å². The molecule has 1 saturated heterocycles. The Kier molecular flexibility index (Phi) is 7.81. The molecule has 2 aromatic carbocycles. The summed E-state index contributed by atoms with van der Waals surface area (Å²) in [6, 6.07) is 16.3. The number of urea groups is 1. The fourth-order valence-corrected chi connectivity index (χ4v) is 4.57. The van der Waals surface area contributed by atoms with Crippen molar-refractivity contribution >= 4 is 35.0 Å². The van der Waals surface area contributed by atoms with E-state index >= 15 is 0 Å². The summed E-state index contributed by atoms with van der Waals surface area (Å²) < 4.78 is 5.71. The zero-order chi connectivity index (χ0) is 25.5. The Balaban J connectivity index is 1.26. The Morgan fingerprint density at radius 1 is 1.03 bits per heavy atom. The summed E-state index contributed by atoms with van der Waals surface area (Å²) in [5.41, 5.74) is 11.2. The number of nitrogen functional groups attached to an aromatic ring is 1. The van der Waals surface area contributed by atoms with Crippen LogP contribution in [-0.4, -0.2) is 41.2 Å². The Morgan fingerprint density at radius 3 is 2.44 bits per heavy atom. The quantitative estimate of drug-likeness (QED) is 0.190. The van der Waals surface area contributed by atoms with Crippen molar-refractivity contribution in [3.8, 4) is 11.5 Å². The Hall–Kier alpha value is -4.38. The minimum Gasteiger partial charge on any atom is -0.457 e. The lowest BCUT2D eigenvalue weighted by molar-refractivity contribution is -0.124. The van der Waals surface area contributed by atoms with E-state index in [0.717, 1.165) is 4.88 Å². The van der Waals surface area contributed by atoms with Crippen molar-refractivity contribution in [1.29, 1.82) is 5.41 Å². The van der Waals surface area contributed by atoms with Gasteiger partial charge >= 0.3 is 6.03 Å². The number of thiophene rings is 1. The number of hydrogen-bond acceptors (Lipinski definition) is 6. The Bertz CT molecular complexity index is 1240. The molecule has 0 unspecified atom stereocenters. The molecule has 1 aromatic heterocycles. The van der Waals surface area contributed by atoms with Crippen molar-refractivity contribution in [3.63, 3.8) is 0 Å². The predicted molar refractivity (Wildman–Crippen MR) is 136 cm³/mol. The van der Waals surface area contributed by atoms with E-state index in [2.05, 4.69) is 16.2 Å². The summed E-state index contributed by atoms with van der Waals surface area (Å²) in [6.07, 6.45) is 1.20. The predicted octanol–water partition coefficient (Wildman–Crippen LogP) is 2.96. The molecule has 0 saturated carbocycles. The maximum absolute atomic E-state index is 12.7. The van der Waals surface area contributed by atoms with Crippen molar-refractivity contribution in [2.75, 3.05) is 6.54 Å².